The normalized spacial score (nSPS) is 20.6. The van der Waals surface area contributed by atoms with Crippen LogP contribution in [0.4, 0.5) is 4.79 Å². The molecule has 0 atom stereocenters. The summed E-state index contributed by atoms with van der Waals surface area (Å²) in [4.78, 5) is 13.1. The molecule has 0 bridgehead atoms. The number of nitrogens with two attached hydrogens (primary N) is 1. The molecule has 5 heteroatoms. The lowest BCUT2D eigenvalue weighted by atomic mass is 9.92. The van der Waals surface area contributed by atoms with E-state index in [2.05, 4.69) is 5.32 Å². The second-order valence-electron chi connectivity index (χ2n) is 3.75. The molecule has 0 spiro atoms. The first-order chi connectivity index (χ1) is 6.61. The summed E-state index contributed by atoms with van der Waals surface area (Å²) in [7, 11) is 0. The third kappa shape index (κ3) is 2.59. The number of urea groups is 1. The van der Waals surface area contributed by atoms with E-state index in [-0.39, 0.29) is 12.6 Å². The minimum atomic E-state index is -0.761. The first kappa shape index (κ1) is 11.3. The molecular formula is C9H19N3O2. The van der Waals surface area contributed by atoms with E-state index >= 15 is 0 Å². The van der Waals surface area contributed by atoms with Crippen LogP contribution in [0, 0.1) is 0 Å². The molecule has 0 aromatic rings. The molecule has 0 aliphatic carbocycles. The Labute approximate surface area is 84.3 Å². The van der Waals surface area contributed by atoms with Crippen LogP contribution < -0.4 is 11.1 Å². The number of likely N-dealkylation sites (tertiary alicyclic amines) is 1. The lowest BCUT2D eigenvalue weighted by molar-refractivity contribution is -0.00408. The number of carbonyl (C=O) groups is 1. The summed E-state index contributed by atoms with van der Waals surface area (Å²) in [6, 6.07) is -0.0495. The molecule has 0 unspecified atom stereocenters. The van der Waals surface area contributed by atoms with E-state index in [0.717, 1.165) is 0 Å². The largest absolute Gasteiger partial charge is 0.388 e. The van der Waals surface area contributed by atoms with Gasteiger partial charge in [0, 0.05) is 26.2 Å². The van der Waals surface area contributed by atoms with Crippen molar-refractivity contribution in [1.29, 1.82) is 0 Å². The molecule has 1 aliphatic heterocycles. The molecule has 1 aliphatic rings. The van der Waals surface area contributed by atoms with Gasteiger partial charge in [-0.05, 0) is 19.8 Å². The lowest BCUT2D eigenvalue weighted by Gasteiger charge is -2.37. The Morgan fingerprint density at radius 1 is 1.57 bits per heavy atom. The maximum absolute atomic E-state index is 11.4. The molecule has 0 aromatic carbocycles. The Bertz CT molecular complexity index is 200. The average molecular weight is 201 g/mol. The Morgan fingerprint density at radius 2 is 2.14 bits per heavy atom. The molecule has 5 nitrogen and oxygen atoms in total. The molecule has 82 valence electrons. The van der Waals surface area contributed by atoms with Crippen molar-refractivity contribution in [3.8, 4) is 0 Å². The Balaban J connectivity index is 2.39. The smallest absolute Gasteiger partial charge is 0.317 e. The molecular weight excluding hydrogens is 182 g/mol. The van der Waals surface area contributed by atoms with Gasteiger partial charge in [-0.25, -0.2) is 4.79 Å². The van der Waals surface area contributed by atoms with Crippen molar-refractivity contribution in [2.45, 2.75) is 25.4 Å². The number of hydrogen-bond donors (Lipinski definition) is 3. The summed E-state index contributed by atoms with van der Waals surface area (Å²) in [5, 5.41) is 12.6. The minimum Gasteiger partial charge on any atom is -0.388 e. The summed E-state index contributed by atoms with van der Waals surface area (Å²) in [6.07, 6.45) is 1.14. The number of nitrogens with zero attached hydrogens (tertiary/aromatic N) is 1. The van der Waals surface area contributed by atoms with Gasteiger partial charge in [0.2, 0.25) is 0 Å². The van der Waals surface area contributed by atoms with Crippen molar-refractivity contribution in [1.82, 2.24) is 10.2 Å². The maximum atomic E-state index is 11.4. The molecule has 4 N–H and O–H groups in total. The van der Waals surface area contributed by atoms with E-state index < -0.39 is 5.60 Å². The van der Waals surface area contributed by atoms with Crippen LogP contribution in [0.5, 0.6) is 0 Å². The fraction of sp³-hybridized carbons (Fsp3) is 0.889. The fourth-order valence-corrected chi connectivity index (χ4v) is 1.59. The highest BCUT2D eigenvalue weighted by molar-refractivity contribution is 5.74. The third-order valence-corrected chi connectivity index (χ3v) is 2.69. The molecule has 1 fully saturated rings. The topological polar surface area (TPSA) is 78.6 Å². The number of rotatable bonds is 2. The van der Waals surface area contributed by atoms with Crippen LogP contribution in [0.25, 0.3) is 0 Å². The number of carbonyl (C=O) groups excluding carboxylic acids is 1. The first-order valence-electron chi connectivity index (χ1n) is 5.06. The van der Waals surface area contributed by atoms with Crippen molar-refractivity contribution < 1.29 is 9.90 Å². The van der Waals surface area contributed by atoms with Gasteiger partial charge in [-0.15, -0.1) is 0 Å². The predicted octanol–water partition coefficient (Wildman–Crippen LogP) is -0.498. The molecule has 0 radical (unpaired) electrons. The summed E-state index contributed by atoms with van der Waals surface area (Å²) < 4.78 is 0. The molecule has 1 saturated heterocycles. The first-order valence-corrected chi connectivity index (χ1v) is 5.06. The standard InChI is InChI=1S/C9H19N3O2/c1-2-11-8(13)12-5-3-9(14,7-10)4-6-12/h14H,2-7,10H2,1H3,(H,11,13). The van der Waals surface area contributed by atoms with Crippen LogP contribution in [0.3, 0.4) is 0 Å². The van der Waals surface area contributed by atoms with E-state index in [1.165, 1.54) is 0 Å². The number of nitrogens with one attached hydrogen (secondary N) is 1. The van der Waals surface area contributed by atoms with Gasteiger partial charge in [0.25, 0.3) is 0 Å². The van der Waals surface area contributed by atoms with E-state index in [0.29, 0.717) is 32.5 Å². The summed E-state index contributed by atoms with van der Waals surface area (Å²) >= 11 is 0. The summed E-state index contributed by atoms with van der Waals surface area (Å²) in [5.74, 6) is 0. The van der Waals surface area contributed by atoms with Gasteiger partial charge in [0.15, 0.2) is 0 Å². The van der Waals surface area contributed by atoms with E-state index in [9.17, 15) is 9.90 Å². The van der Waals surface area contributed by atoms with E-state index in [4.69, 9.17) is 5.73 Å². The highest BCUT2D eigenvalue weighted by Gasteiger charge is 2.32. The Morgan fingerprint density at radius 3 is 2.57 bits per heavy atom. The van der Waals surface area contributed by atoms with Crippen LogP contribution in [-0.2, 0) is 0 Å². The molecule has 0 saturated carbocycles. The predicted molar refractivity (Wildman–Crippen MR) is 53.9 cm³/mol. The van der Waals surface area contributed by atoms with Gasteiger partial charge < -0.3 is 21.1 Å². The van der Waals surface area contributed by atoms with Gasteiger partial charge in [0.1, 0.15) is 0 Å². The molecule has 2 amide bonds. The van der Waals surface area contributed by atoms with Gasteiger partial charge in [-0.2, -0.15) is 0 Å². The van der Waals surface area contributed by atoms with Crippen molar-refractivity contribution in [3.05, 3.63) is 0 Å². The van der Waals surface area contributed by atoms with Crippen LogP contribution in [0.1, 0.15) is 19.8 Å². The average Bonchev–Trinajstić information content (AvgIpc) is 2.19. The zero-order valence-corrected chi connectivity index (χ0v) is 8.62. The zero-order valence-electron chi connectivity index (χ0n) is 8.62. The highest BCUT2D eigenvalue weighted by Crippen LogP contribution is 2.20. The number of aliphatic hydroxyl groups is 1. The monoisotopic (exact) mass is 201 g/mol. The minimum absolute atomic E-state index is 0.0495. The second kappa shape index (κ2) is 4.61. The number of amides is 2. The van der Waals surface area contributed by atoms with Crippen molar-refractivity contribution in [2.75, 3.05) is 26.2 Å². The maximum Gasteiger partial charge on any atom is 0.317 e. The lowest BCUT2D eigenvalue weighted by Crippen LogP contribution is -2.52. The molecule has 1 rings (SSSR count). The highest BCUT2D eigenvalue weighted by atomic mass is 16.3. The quantitative estimate of drug-likeness (QED) is 0.563. The van der Waals surface area contributed by atoms with Crippen LogP contribution in [0.2, 0.25) is 0 Å². The number of piperidine rings is 1. The molecule has 1 heterocycles. The van der Waals surface area contributed by atoms with Crippen LogP contribution in [0.15, 0.2) is 0 Å². The Kier molecular flexibility index (Phi) is 3.71. The van der Waals surface area contributed by atoms with Crippen molar-refractivity contribution in [3.63, 3.8) is 0 Å². The van der Waals surface area contributed by atoms with Crippen molar-refractivity contribution >= 4 is 6.03 Å². The third-order valence-electron chi connectivity index (χ3n) is 2.69. The van der Waals surface area contributed by atoms with E-state index in [1.54, 1.807) is 4.90 Å². The van der Waals surface area contributed by atoms with Gasteiger partial charge in [-0.1, -0.05) is 0 Å². The van der Waals surface area contributed by atoms with Gasteiger partial charge in [-0.3, -0.25) is 0 Å². The summed E-state index contributed by atoms with van der Waals surface area (Å²) in [6.45, 7) is 3.96. The fourth-order valence-electron chi connectivity index (χ4n) is 1.59. The number of hydrogen-bond acceptors (Lipinski definition) is 3. The van der Waals surface area contributed by atoms with Crippen LogP contribution >= 0.6 is 0 Å². The summed E-state index contributed by atoms with van der Waals surface area (Å²) in [5.41, 5.74) is 4.69. The van der Waals surface area contributed by atoms with E-state index in [1.807, 2.05) is 6.92 Å². The molecule has 14 heavy (non-hydrogen) atoms. The zero-order chi connectivity index (χ0) is 10.6. The second-order valence-corrected chi connectivity index (χ2v) is 3.75. The molecule has 0 aromatic heterocycles. The van der Waals surface area contributed by atoms with Gasteiger partial charge >= 0.3 is 6.03 Å². The van der Waals surface area contributed by atoms with Gasteiger partial charge in [0.05, 0.1) is 5.60 Å². The van der Waals surface area contributed by atoms with Crippen LogP contribution in [-0.4, -0.2) is 47.8 Å². The Hall–Kier alpha value is -0.810. The SMILES string of the molecule is CCNC(=O)N1CCC(O)(CN)CC1. The van der Waals surface area contributed by atoms with Crippen molar-refractivity contribution in [2.24, 2.45) is 5.73 Å².